The summed E-state index contributed by atoms with van der Waals surface area (Å²) in [5, 5.41) is 12.3. The molecule has 0 aliphatic carbocycles. The average Bonchev–Trinajstić information content (AvgIpc) is 2.95. The van der Waals surface area contributed by atoms with Crippen LogP contribution >= 0.6 is 0 Å². The Morgan fingerprint density at radius 3 is 2.23 bits per heavy atom. The molecule has 6 heteroatoms. The first-order chi connectivity index (χ1) is 12.6. The Hall–Kier alpha value is -3.67. The fourth-order valence-electron chi connectivity index (χ4n) is 3.19. The van der Waals surface area contributed by atoms with Crippen LogP contribution in [0.1, 0.15) is 17.0 Å². The summed E-state index contributed by atoms with van der Waals surface area (Å²) in [6.07, 6.45) is 0. The molecule has 6 nitrogen and oxygen atoms in total. The Labute approximate surface area is 149 Å². The second-order valence-corrected chi connectivity index (χ2v) is 5.99. The quantitative estimate of drug-likeness (QED) is 0.570. The highest BCUT2D eigenvalue weighted by Gasteiger charge is 2.38. The van der Waals surface area contributed by atoms with E-state index < -0.39 is 4.92 Å². The number of non-ortho nitro benzene ring substituents is 1. The van der Waals surface area contributed by atoms with Gasteiger partial charge in [-0.3, -0.25) is 20.3 Å². The molecule has 4 rings (SSSR count). The van der Waals surface area contributed by atoms with E-state index in [9.17, 15) is 14.9 Å². The minimum absolute atomic E-state index is 0.00543. The standard InChI is InChI=1S/C20H15N3O3/c24-20-19(14-6-2-1-3-7-14)17-8-4-5-9-18(17)22(20)21-15-10-12-16(13-11-15)23(25)26/h1-13,19,21H. The van der Waals surface area contributed by atoms with Gasteiger partial charge in [0.05, 0.1) is 22.2 Å². The van der Waals surface area contributed by atoms with Crippen LogP contribution in [0, 0.1) is 10.1 Å². The summed E-state index contributed by atoms with van der Waals surface area (Å²) >= 11 is 0. The van der Waals surface area contributed by atoms with Crippen molar-refractivity contribution in [1.82, 2.24) is 0 Å². The molecular weight excluding hydrogens is 330 g/mol. The number of fused-ring (bicyclic) bond motifs is 1. The maximum absolute atomic E-state index is 13.1. The summed E-state index contributed by atoms with van der Waals surface area (Å²) in [5.41, 5.74) is 6.32. The summed E-state index contributed by atoms with van der Waals surface area (Å²) in [7, 11) is 0. The van der Waals surface area contributed by atoms with Gasteiger partial charge in [-0.15, -0.1) is 0 Å². The number of hydrogen-bond acceptors (Lipinski definition) is 4. The van der Waals surface area contributed by atoms with Gasteiger partial charge in [-0.05, 0) is 29.3 Å². The predicted octanol–water partition coefficient (Wildman–Crippen LogP) is 4.10. The second-order valence-electron chi connectivity index (χ2n) is 5.99. The first-order valence-electron chi connectivity index (χ1n) is 8.14. The Kier molecular flexibility index (Phi) is 3.85. The van der Waals surface area contributed by atoms with Crippen LogP contribution < -0.4 is 10.4 Å². The lowest BCUT2D eigenvalue weighted by Gasteiger charge is -2.20. The average molecular weight is 345 g/mol. The van der Waals surface area contributed by atoms with Crippen molar-refractivity contribution in [3.63, 3.8) is 0 Å². The van der Waals surface area contributed by atoms with Crippen LogP contribution in [0.2, 0.25) is 0 Å². The van der Waals surface area contributed by atoms with Gasteiger partial charge < -0.3 is 0 Å². The molecule has 1 amide bonds. The highest BCUT2D eigenvalue weighted by molar-refractivity contribution is 6.08. The lowest BCUT2D eigenvalue weighted by Crippen LogP contribution is -2.34. The van der Waals surface area contributed by atoms with E-state index >= 15 is 0 Å². The largest absolute Gasteiger partial charge is 0.291 e. The van der Waals surface area contributed by atoms with Crippen molar-refractivity contribution in [1.29, 1.82) is 0 Å². The SMILES string of the molecule is O=C1C(c2ccccc2)c2ccccc2N1Nc1ccc([N+](=O)[O-])cc1. The number of hydrogen-bond donors (Lipinski definition) is 1. The van der Waals surface area contributed by atoms with Gasteiger partial charge in [0.1, 0.15) is 0 Å². The van der Waals surface area contributed by atoms with Crippen molar-refractivity contribution in [2.45, 2.75) is 5.92 Å². The molecule has 1 aliphatic rings. The van der Waals surface area contributed by atoms with Crippen molar-refractivity contribution in [3.05, 3.63) is 100 Å². The van der Waals surface area contributed by atoms with Crippen LogP contribution in [0.3, 0.4) is 0 Å². The van der Waals surface area contributed by atoms with E-state index in [1.807, 2.05) is 54.6 Å². The predicted molar refractivity (Wildman–Crippen MR) is 98.9 cm³/mol. The highest BCUT2D eigenvalue weighted by atomic mass is 16.6. The normalized spacial score (nSPS) is 15.6. The molecule has 0 aromatic heterocycles. The maximum atomic E-state index is 13.1. The molecule has 1 N–H and O–H groups in total. The van der Waals surface area contributed by atoms with Gasteiger partial charge in [-0.1, -0.05) is 48.5 Å². The number of nitro groups is 1. The van der Waals surface area contributed by atoms with Crippen molar-refractivity contribution < 1.29 is 9.72 Å². The topological polar surface area (TPSA) is 75.5 Å². The Morgan fingerprint density at radius 1 is 0.885 bits per heavy atom. The number of carbonyl (C=O) groups excluding carboxylic acids is 1. The molecule has 0 saturated heterocycles. The molecular formula is C20H15N3O3. The van der Waals surface area contributed by atoms with Gasteiger partial charge in [-0.25, -0.2) is 5.01 Å². The summed E-state index contributed by atoms with van der Waals surface area (Å²) in [6.45, 7) is 0. The molecule has 3 aromatic rings. The van der Waals surface area contributed by atoms with Gasteiger partial charge in [0, 0.05) is 12.1 Å². The third kappa shape index (κ3) is 2.67. The molecule has 128 valence electrons. The molecule has 0 spiro atoms. The minimum Gasteiger partial charge on any atom is -0.291 e. The molecule has 0 bridgehead atoms. The molecule has 3 aromatic carbocycles. The Bertz CT molecular complexity index is 971. The smallest absolute Gasteiger partial charge is 0.269 e. The summed E-state index contributed by atoms with van der Waals surface area (Å²) in [5.74, 6) is -0.464. The van der Waals surface area contributed by atoms with Crippen LogP contribution in [0.25, 0.3) is 0 Å². The summed E-state index contributed by atoms with van der Waals surface area (Å²) in [4.78, 5) is 23.4. The number of hydrazine groups is 1. The molecule has 1 atom stereocenters. The maximum Gasteiger partial charge on any atom is 0.269 e. The molecule has 0 fully saturated rings. The van der Waals surface area contributed by atoms with Crippen LogP contribution in [-0.4, -0.2) is 10.8 Å². The van der Waals surface area contributed by atoms with E-state index in [1.165, 1.54) is 17.1 Å². The number of amides is 1. The molecule has 1 aliphatic heterocycles. The third-order valence-corrected chi connectivity index (χ3v) is 4.41. The van der Waals surface area contributed by atoms with Gasteiger partial charge in [0.15, 0.2) is 0 Å². The van der Waals surface area contributed by atoms with Crippen molar-refractivity contribution in [3.8, 4) is 0 Å². The zero-order chi connectivity index (χ0) is 18.1. The molecule has 26 heavy (non-hydrogen) atoms. The number of rotatable bonds is 4. The van der Waals surface area contributed by atoms with Gasteiger partial charge in [0.2, 0.25) is 0 Å². The third-order valence-electron chi connectivity index (χ3n) is 4.41. The molecule has 0 saturated carbocycles. The lowest BCUT2D eigenvalue weighted by molar-refractivity contribution is -0.384. The van der Waals surface area contributed by atoms with Crippen molar-refractivity contribution in [2.75, 3.05) is 10.4 Å². The van der Waals surface area contributed by atoms with Gasteiger partial charge in [0.25, 0.3) is 11.6 Å². The van der Waals surface area contributed by atoms with E-state index in [4.69, 9.17) is 0 Å². The van der Waals surface area contributed by atoms with Crippen LogP contribution in [-0.2, 0) is 4.79 Å². The highest BCUT2D eigenvalue weighted by Crippen LogP contribution is 2.41. The number of nitro benzene ring substituents is 1. The lowest BCUT2D eigenvalue weighted by atomic mass is 9.93. The first-order valence-corrected chi connectivity index (χ1v) is 8.14. The minimum atomic E-state index is -0.453. The Balaban J connectivity index is 1.69. The number of para-hydroxylation sites is 1. The van der Waals surface area contributed by atoms with Gasteiger partial charge >= 0.3 is 0 Å². The van der Waals surface area contributed by atoms with E-state index in [1.54, 1.807) is 12.1 Å². The van der Waals surface area contributed by atoms with E-state index in [0.29, 0.717) is 5.69 Å². The Morgan fingerprint density at radius 2 is 1.54 bits per heavy atom. The van der Waals surface area contributed by atoms with Crippen molar-refractivity contribution in [2.24, 2.45) is 0 Å². The zero-order valence-corrected chi connectivity index (χ0v) is 13.7. The first kappa shape index (κ1) is 15.8. The van der Waals surface area contributed by atoms with Crippen LogP contribution in [0.5, 0.6) is 0 Å². The van der Waals surface area contributed by atoms with E-state index in [2.05, 4.69) is 5.43 Å². The van der Waals surface area contributed by atoms with E-state index in [-0.39, 0.29) is 17.5 Å². The molecule has 1 heterocycles. The summed E-state index contributed by atoms with van der Waals surface area (Å²) < 4.78 is 0. The second kappa shape index (κ2) is 6.33. The fourth-order valence-corrected chi connectivity index (χ4v) is 3.19. The number of nitrogens with zero attached hydrogens (tertiary/aromatic N) is 2. The van der Waals surface area contributed by atoms with Crippen LogP contribution in [0.4, 0.5) is 17.1 Å². The van der Waals surface area contributed by atoms with Crippen LogP contribution in [0.15, 0.2) is 78.9 Å². The molecule has 0 radical (unpaired) electrons. The molecule has 1 unspecified atom stereocenters. The van der Waals surface area contributed by atoms with Gasteiger partial charge in [-0.2, -0.15) is 0 Å². The van der Waals surface area contributed by atoms with E-state index in [0.717, 1.165) is 16.8 Å². The zero-order valence-electron chi connectivity index (χ0n) is 13.7. The number of benzene rings is 3. The summed E-state index contributed by atoms with van der Waals surface area (Å²) in [6, 6.07) is 23.2. The van der Waals surface area contributed by atoms with Crippen molar-refractivity contribution >= 4 is 23.0 Å². The number of nitrogens with one attached hydrogen (secondary N) is 1. The number of anilines is 2. The number of carbonyl (C=O) groups is 1. The fraction of sp³-hybridized carbons (Fsp3) is 0.0500. The monoisotopic (exact) mass is 345 g/mol.